The second kappa shape index (κ2) is 3.61. The number of rotatable bonds is 1. The van der Waals surface area contributed by atoms with Crippen molar-refractivity contribution in [3.8, 4) is 0 Å². The summed E-state index contributed by atoms with van der Waals surface area (Å²) in [6.45, 7) is 0.322. The maximum Gasteiger partial charge on any atom is 0.254 e. The molecule has 0 fully saturated rings. The highest BCUT2D eigenvalue weighted by Crippen LogP contribution is 2.22. The van der Waals surface area contributed by atoms with Gasteiger partial charge in [-0.2, -0.15) is 0 Å². The Morgan fingerprint density at radius 1 is 1.36 bits per heavy atom. The largest absolute Gasteiger partial charge is 0.304 e. The molecule has 0 aromatic heterocycles. The summed E-state index contributed by atoms with van der Waals surface area (Å²) in [4.78, 5) is 0. The van der Waals surface area contributed by atoms with E-state index in [0.717, 1.165) is 5.56 Å². The molecule has 1 aromatic rings. The average molecular weight is 201 g/mol. The van der Waals surface area contributed by atoms with Gasteiger partial charge in [-0.1, -0.05) is 12.1 Å². The minimum Gasteiger partial charge on any atom is -0.304 e. The van der Waals surface area contributed by atoms with E-state index in [-0.39, 0.29) is 12.2 Å². The minimum absolute atomic E-state index is 0.0691. The Balaban J connectivity index is 2.29. The van der Waals surface area contributed by atoms with Gasteiger partial charge in [-0.05, 0) is 23.6 Å². The number of halogens is 3. The van der Waals surface area contributed by atoms with E-state index in [2.05, 4.69) is 5.32 Å². The first-order valence-electron chi connectivity index (χ1n) is 4.46. The van der Waals surface area contributed by atoms with Gasteiger partial charge >= 0.3 is 0 Å². The van der Waals surface area contributed by atoms with Crippen LogP contribution in [0.1, 0.15) is 11.1 Å². The second-order valence-corrected chi connectivity index (χ2v) is 3.40. The maximum atomic E-state index is 13.2. The Kier molecular flexibility index (Phi) is 2.46. The molecular weight excluding hydrogens is 191 g/mol. The second-order valence-electron chi connectivity index (χ2n) is 3.40. The lowest BCUT2D eigenvalue weighted by Crippen LogP contribution is -2.41. The zero-order chi connectivity index (χ0) is 10.1. The third-order valence-electron chi connectivity index (χ3n) is 2.50. The Morgan fingerprint density at radius 3 is 2.86 bits per heavy atom. The Morgan fingerprint density at radius 2 is 2.14 bits per heavy atom. The van der Waals surface area contributed by atoms with E-state index in [0.29, 0.717) is 12.1 Å². The van der Waals surface area contributed by atoms with Gasteiger partial charge in [0, 0.05) is 6.54 Å². The lowest BCUT2D eigenvalue weighted by Gasteiger charge is -2.25. The van der Waals surface area contributed by atoms with Gasteiger partial charge in [0.15, 0.2) is 0 Å². The molecule has 14 heavy (non-hydrogen) atoms. The molecule has 4 heteroatoms. The normalized spacial score (nSPS) is 21.0. The van der Waals surface area contributed by atoms with Crippen LogP contribution in [0.15, 0.2) is 18.2 Å². The molecule has 1 nitrogen and oxygen atoms in total. The lowest BCUT2D eigenvalue weighted by molar-refractivity contribution is 0.0936. The number of alkyl halides is 2. The summed E-state index contributed by atoms with van der Waals surface area (Å²) in [5.41, 5.74) is 1.21. The molecule has 1 aliphatic rings. The zero-order valence-corrected chi connectivity index (χ0v) is 7.43. The summed E-state index contributed by atoms with van der Waals surface area (Å²) < 4.78 is 38.0. The van der Waals surface area contributed by atoms with Gasteiger partial charge in [0.2, 0.25) is 0 Å². The van der Waals surface area contributed by atoms with Crippen LogP contribution < -0.4 is 5.32 Å². The van der Waals surface area contributed by atoms with E-state index in [4.69, 9.17) is 0 Å². The summed E-state index contributed by atoms with van der Waals surface area (Å²) in [7, 11) is 0. The Bertz CT molecular complexity index is 338. The van der Waals surface area contributed by atoms with Gasteiger partial charge in [0.05, 0.1) is 6.04 Å². The van der Waals surface area contributed by atoms with Crippen molar-refractivity contribution >= 4 is 0 Å². The van der Waals surface area contributed by atoms with Crippen molar-refractivity contribution in [1.82, 2.24) is 5.32 Å². The quantitative estimate of drug-likeness (QED) is 0.733. The highest BCUT2D eigenvalue weighted by molar-refractivity contribution is 5.31. The molecule has 76 valence electrons. The van der Waals surface area contributed by atoms with Gasteiger partial charge in [-0.25, -0.2) is 13.2 Å². The van der Waals surface area contributed by atoms with E-state index in [9.17, 15) is 13.2 Å². The van der Waals surface area contributed by atoms with E-state index in [1.807, 2.05) is 0 Å². The fraction of sp³-hybridized carbons (Fsp3) is 0.400. The molecular formula is C10H10F3N. The first-order chi connectivity index (χ1) is 6.68. The summed E-state index contributed by atoms with van der Waals surface area (Å²) in [6.07, 6.45) is -2.37. The van der Waals surface area contributed by atoms with Crippen LogP contribution in [-0.2, 0) is 13.0 Å². The SMILES string of the molecule is Fc1cccc2c1CC(C(F)F)NC2. The third-order valence-corrected chi connectivity index (χ3v) is 2.50. The number of nitrogens with one attached hydrogen (secondary N) is 1. The van der Waals surface area contributed by atoms with E-state index in [1.165, 1.54) is 6.07 Å². The molecule has 1 heterocycles. The van der Waals surface area contributed by atoms with Gasteiger partial charge in [-0.3, -0.25) is 0 Å². The van der Waals surface area contributed by atoms with Crippen LogP contribution >= 0.6 is 0 Å². The molecule has 1 N–H and O–H groups in total. The fourth-order valence-corrected chi connectivity index (χ4v) is 1.71. The van der Waals surface area contributed by atoms with Crippen LogP contribution in [-0.4, -0.2) is 12.5 Å². The van der Waals surface area contributed by atoms with Gasteiger partial charge in [0.25, 0.3) is 6.43 Å². The summed E-state index contributed by atoms with van der Waals surface area (Å²) in [5.74, 6) is -0.380. The average Bonchev–Trinajstić information content (AvgIpc) is 2.18. The van der Waals surface area contributed by atoms with Crippen molar-refractivity contribution in [2.75, 3.05) is 0 Å². The predicted octanol–water partition coefficient (Wildman–Crippen LogP) is 2.11. The zero-order valence-electron chi connectivity index (χ0n) is 7.43. The van der Waals surface area contributed by atoms with Gasteiger partial charge in [-0.15, -0.1) is 0 Å². The van der Waals surface area contributed by atoms with Crippen LogP contribution in [0.3, 0.4) is 0 Å². The first kappa shape index (κ1) is 9.52. The van der Waals surface area contributed by atoms with Crippen LogP contribution in [0.2, 0.25) is 0 Å². The van der Waals surface area contributed by atoms with Gasteiger partial charge < -0.3 is 5.32 Å². The minimum atomic E-state index is -2.44. The smallest absolute Gasteiger partial charge is 0.254 e. The third kappa shape index (κ3) is 1.62. The van der Waals surface area contributed by atoms with Crippen LogP contribution in [0.5, 0.6) is 0 Å². The van der Waals surface area contributed by atoms with Crippen LogP contribution in [0.25, 0.3) is 0 Å². The number of benzene rings is 1. The van der Waals surface area contributed by atoms with E-state index >= 15 is 0 Å². The van der Waals surface area contributed by atoms with Crippen molar-refractivity contribution in [3.05, 3.63) is 35.1 Å². The molecule has 0 radical (unpaired) electrons. The number of fused-ring (bicyclic) bond motifs is 1. The molecule has 1 atom stereocenters. The summed E-state index contributed by atoms with van der Waals surface area (Å²) in [6, 6.07) is 3.75. The standard InChI is InChI=1S/C10H10F3N/c11-8-3-1-2-6-5-14-9(10(12)13)4-7(6)8/h1-3,9-10,14H,4-5H2. The lowest BCUT2D eigenvalue weighted by atomic mass is 9.95. The molecule has 1 aromatic carbocycles. The van der Waals surface area contributed by atoms with Crippen LogP contribution in [0, 0.1) is 5.82 Å². The highest BCUT2D eigenvalue weighted by atomic mass is 19.3. The molecule has 0 bridgehead atoms. The first-order valence-corrected chi connectivity index (χ1v) is 4.46. The maximum absolute atomic E-state index is 13.2. The van der Waals surface area contributed by atoms with E-state index < -0.39 is 12.5 Å². The molecule has 0 aliphatic carbocycles. The molecule has 0 saturated heterocycles. The summed E-state index contributed by atoms with van der Waals surface area (Å²) in [5, 5.41) is 2.69. The number of hydrogen-bond acceptors (Lipinski definition) is 1. The molecule has 1 aliphatic heterocycles. The topological polar surface area (TPSA) is 12.0 Å². The van der Waals surface area contributed by atoms with Crippen molar-refractivity contribution < 1.29 is 13.2 Å². The molecule has 0 amide bonds. The predicted molar refractivity (Wildman–Crippen MR) is 46.7 cm³/mol. The Hall–Kier alpha value is -1.03. The Labute approximate surface area is 79.9 Å². The summed E-state index contributed by atoms with van der Waals surface area (Å²) >= 11 is 0. The van der Waals surface area contributed by atoms with Gasteiger partial charge in [0.1, 0.15) is 5.82 Å². The highest BCUT2D eigenvalue weighted by Gasteiger charge is 2.26. The molecule has 0 saturated carbocycles. The van der Waals surface area contributed by atoms with Crippen LogP contribution in [0.4, 0.5) is 13.2 Å². The fourth-order valence-electron chi connectivity index (χ4n) is 1.71. The molecule has 0 spiro atoms. The van der Waals surface area contributed by atoms with E-state index in [1.54, 1.807) is 12.1 Å². The monoisotopic (exact) mass is 201 g/mol. The van der Waals surface area contributed by atoms with Crippen molar-refractivity contribution in [3.63, 3.8) is 0 Å². The van der Waals surface area contributed by atoms with Crippen molar-refractivity contribution in [2.24, 2.45) is 0 Å². The van der Waals surface area contributed by atoms with Crippen molar-refractivity contribution in [2.45, 2.75) is 25.4 Å². The molecule has 2 rings (SSSR count). The number of hydrogen-bond donors (Lipinski definition) is 1. The molecule has 1 unspecified atom stereocenters. The van der Waals surface area contributed by atoms with Crippen molar-refractivity contribution in [1.29, 1.82) is 0 Å².